The molecule has 0 bridgehead atoms. The molecule has 1 N–H and O–H groups in total. The van der Waals surface area contributed by atoms with Gasteiger partial charge in [-0.25, -0.2) is 0 Å². The number of halogens is 1. The van der Waals surface area contributed by atoms with Gasteiger partial charge in [0.1, 0.15) is 0 Å². The van der Waals surface area contributed by atoms with Crippen LogP contribution in [-0.4, -0.2) is 17.5 Å². The van der Waals surface area contributed by atoms with Gasteiger partial charge in [-0.05, 0) is 60.9 Å². The number of hydrogen-bond acceptors (Lipinski definition) is 3. The summed E-state index contributed by atoms with van der Waals surface area (Å²) in [6.07, 6.45) is 7.66. The molecule has 1 heterocycles. The SMILES string of the molecule is CSC1CCC(NC(C)c2cc(Br)cs2)CC1. The summed E-state index contributed by atoms with van der Waals surface area (Å²) in [7, 11) is 0. The molecule has 1 atom stereocenters. The van der Waals surface area contributed by atoms with Crippen molar-refractivity contribution in [2.75, 3.05) is 6.26 Å². The van der Waals surface area contributed by atoms with Crippen molar-refractivity contribution in [2.45, 2.75) is 49.9 Å². The summed E-state index contributed by atoms with van der Waals surface area (Å²) in [4.78, 5) is 1.43. The molecule has 4 heteroatoms. The molecule has 1 aliphatic carbocycles. The summed E-state index contributed by atoms with van der Waals surface area (Å²) in [6, 6.07) is 3.44. The average Bonchev–Trinajstić information content (AvgIpc) is 2.77. The van der Waals surface area contributed by atoms with Crippen LogP contribution in [0.5, 0.6) is 0 Å². The van der Waals surface area contributed by atoms with Crippen LogP contribution in [0.2, 0.25) is 0 Å². The summed E-state index contributed by atoms with van der Waals surface area (Å²) in [6.45, 7) is 2.28. The van der Waals surface area contributed by atoms with E-state index in [-0.39, 0.29) is 0 Å². The van der Waals surface area contributed by atoms with E-state index in [9.17, 15) is 0 Å². The molecular weight excluding hydrogens is 314 g/mol. The predicted molar refractivity (Wildman–Crippen MR) is 83.1 cm³/mol. The second kappa shape index (κ2) is 6.60. The number of thioether (sulfide) groups is 1. The first-order valence-corrected chi connectivity index (χ1v) is 9.18. The molecule has 1 unspecified atom stereocenters. The Bertz CT molecular complexity index is 345. The summed E-state index contributed by atoms with van der Waals surface area (Å²) in [5, 5.41) is 6.84. The highest BCUT2D eigenvalue weighted by Crippen LogP contribution is 2.30. The van der Waals surface area contributed by atoms with Gasteiger partial charge in [0.25, 0.3) is 0 Å². The topological polar surface area (TPSA) is 12.0 Å². The minimum atomic E-state index is 0.488. The lowest BCUT2D eigenvalue weighted by Gasteiger charge is -2.30. The zero-order valence-electron chi connectivity index (χ0n) is 10.4. The first-order chi connectivity index (χ1) is 8.19. The lowest BCUT2D eigenvalue weighted by atomic mass is 9.94. The molecule has 1 aliphatic rings. The number of thiophene rings is 1. The molecule has 0 saturated heterocycles. The molecule has 1 nitrogen and oxygen atoms in total. The normalized spacial score (nSPS) is 27.0. The maximum atomic E-state index is 3.77. The Morgan fingerprint density at radius 3 is 2.65 bits per heavy atom. The Hall–Kier alpha value is 0.490. The number of rotatable bonds is 4. The maximum Gasteiger partial charge on any atom is 0.0388 e. The third kappa shape index (κ3) is 3.98. The summed E-state index contributed by atoms with van der Waals surface area (Å²) < 4.78 is 1.21. The van der Waals surface area contributed by atoms with Crippen molar-refractivity contribution in [1.29, 1.82) is 0 Å². The Balaban J connectivity index is 1.81. The lowest BCUT2D eigenvalue weighted by Crippen LogP contribution is -2.35. The van der Waals surface area contributed by atoms with E-state index in [2.05, 4.69) is 45.9 Å². The van der Waals surface area contributed by atoms with Crippen molar-refractivity contribution in [2.24, 2.45) is 0 Å². The van der Waals surface area contributed by atoms with Gasteiger partial charge in [0.15, 0.2) is 0 Å². The molecule has 1 fully saturated rings. The highest BCUT2D eigenvalue weighted by molar-refractivity contribution is 9.10. The van der Waals surface area contributed by atoms with Crippen LogP contribution in [0.3, 0.4) is 0 Å². The second-order valence-electron chi connectivity index (χ2n) is 4.76. The minimum absolute atomic E-state index is 0.488. The monoisotopic (exact) mass is 333 g/mol. The van der Waals surface area contributed by atoms with E-state index in [4.69, 9.17) is 0 Å². The first-order valence-electron chi connectivity index (χ1n) is 6.22. The molecule has 1 aromatic heterocycles. The van der Waals surface area contributed by atoms with E-state index >= 15 is 0 Å². The average molecular weight is 334 g/mol. The van der Waals surface area contributed by atoms with Gasteiger partial charge >= 0.3 is 0 Å². The zero-order valence-corrected chi connectivity index (χ0v) is 13.6. The van der Waals surface area contributed by atoms with E-state index in [1.807, 2.05) is 23.1 Å². The fraction of sp³-hybridized carbons (Fsp3) is 0.692. The van der Waals surface area contributed by atoms with Gasteiger partial charge in [0.05, 0.1) is 0 Å². The molecule has 2 rings (SSSR count). The van der Waals surface area contributed by atoms with Gasteiger partial charge in [-0.1, -0.05) is 0 Å². The van der Waals surface area contributed by atoms with Crippen molar-refractivity contribution in [3.05, 3.63) is 20.8 Å². The number of hydrogen-bond donors (Lipinski definition) is 1. The molecule has 0 aromatic carbocycles. The first kappa shape index (κ1) is 13.9. The van der Waals surface area contributed by atoms with Crippen LogP contribution in [0, 0.1) is 0 Å². The van der Waals surface area contributed by atoms with Crippen molar-refractivity contribution < 1.29 is 0 Å². The van der Waals surface area contributed by atoms with Crippen molar-refractivity contribution in [1.82, 2.24) is 5.32 Å². The van der Waals surface area contributed by atoms with Crippen molar-refractivity contribution in [3.8, 4) is 0 Å². The molecule has 0 amide bonds. The molecule has 96 valence electrons. The van der Waals surface area contributed by atoms with E-state index < -0.39 is 0 Å². The van der Waals surface area contributed by atoms with Crippen LogP contribution in [0.15, 0.2) is 15.9 Å². The Kier molecular flexibility index (Phi) is 5.40. The molecular formula is C13H20BrNS2. The fourth-order valence-electron chi connectivity index (χ4n) is 2.46. The van der Waals surface area contributed by atoms with E-state index in [1.165, 1.54) is 35.0 Å². The molecule has 0 aliphatic heterocycles. The van der Waals surface area contributed by atoms with E-state index in [0.29, 0.717) is 12.1 Å². The van der Waals surface area contributed by atoms with E-state index in [1.54, 1.807) is 0 Å². The van der Waals surface area contributed by atoms with Crippen LogP contribution in [0.4, 0.5) is 0 Å². The van der Waals surface area contributed by atoms with Gasteiger partial charge in [0.2, 0.25) is 0 Å². The van der Waals surface area contributed by atoms with Crippen molar-refractivity contribution in [3.63, 3.8) is 0 Å². The largest absolute Gasteiger partial charge is 0.307 e. The standard InChI is InChI=1S/C13H20BrNS2/c1-9(13-7-10(14)8-17-13)15-11-3-5-12(16-2)6-4-11/h7-9,11-12,15H,3-6H2,1-2H3. The Morgan fingerprint density at radius 1 is 1.41 bits per heavy atom. The summed E-state index contributed by atoms with van der Waals surface area (Å²) in [5.41, 5.74) is 0. The molecule has 0 radical (unpaired) electrons. The van der Waals surface area contributed by atoms with Gasteiger partial charge in [-0.2, -0.15) is 11.8 Å². The summed E-state index contributed by atoms with van der Waals surface area (Å²) >= 11 is 7.39. The third-order valence-corrected chi connectivity index (χ3v) is 6.52. The summed E-state index contributed by atoms with van der Waals surface area (Å²) in [5.74, 6) is 0. The smallest absolute Gasteiger partial charge is 0.0388 e. The highest BCUT2D eigenvalue weighted by Gasteiger charge is 2.22. The van der Waals surface area contributed by atoms with Crippen LogP contribution in [0.25, 0.3) is 0 Å². The lowest BCUT2D eigenvalue weighted by molar-refractivity contribution is 0.354. The molecule has 1 aromatic rings. The van der Waals surface area contributed by atoms with Crippen LogP contribution >= 0.6 is 39.0 Å². The maximum absolute atomic E-state index is 3.77. The molecule has 1 saturated carbocycles. The Morgan fingerprint density at radius 2 is 2.12 bits per heavy atom. The molecule has 17 heavy (non-hydrogen) atoms. The van der Waals surface area contributed by atoms with Gasteiger partial charge < -0.3 is 5.32 Å². The second-order valence-corrected chi connectivity index (χ2v) is 7.76. The Labute approximate surface area is 121 Å². The molecule has 0 spiro atoms. The predicted octanol–water partition coefficient (Wildman–Crippen LogP) is 4.84. The van der Waals surface area contributed by atoms with Crippen LogP contribution in [0.1, 0.15) is 43.5 Å². The number of nitrogens with one attached hydrogen (secondary N) is 1. The van der Waals surface area contributed by atoms with Crippen molar-refractivity contribution >= 4 is 39.0 Å². The quantitative estimate of drug-likeness (QED) is 0.846. The third-order valence-electron chi connectivity index (χ3n) is 3.51. The minimum Gasteiger partial charge on any atom is -0.307 e. The fourth-order valence-corrected chi connectivity index (χ4v) is 4.66. The van der Waals surface area contributed by atoms with Gasteiger partial charge in [-0.3, -0.25) is 0 Å². The van der Waals surface area contributed by atoms with E-state index in [0.717, 1.165) is 5.25 Å². The van der Waals surface area contributed by atoms with Gasteiger partial charge in [0, 0.05) is 32.1 Å². The highest BCUT2D eigenvalue weighted by atomic mass is 79.9. The van der Waals surface area contributed by atoms with Crippen LogP contribution in [-0.2, 0) is 0 Å². The van der Waals surface area contributed by atoms with Crippen LogP contribution < -0.4 is 5.32 Å². The zero-order chi connectivity index (χ0) is 12.3. The van der Waals surface area contributed by atoms with Gasteiger partial charge in [-0.15, -0.1) is 11.3 Å².